The van der Waals surface area contributed by atoms with E-state index in [2.05, 4.69) is 20.8 Å². The molecule has 4 aromatic rings. The van der Waals surface area contributed by atoms with Gasteiger partial charge in [-0.15, -0.1) is 0 Å². The van der Waals surface area contributed by atoms with E-state index in [1.165, 1.54) is 5.56 Å². The van der Waals surface area contributed by atoms with Gasteiger partial charge in [-0.1, -0.05) is 52.0 Å². The van der Waals surface area contributed by atoms with Crippen molar-refractivity contribution in [2.75, 3.05) is 13.7 Å². The van der Waals surface area contributed by atoms with Gasteiger partial charge in [0.05, 0.1) is 29.7 Å². The maximum Gasteiger partial charge on any atom is 0.266 e. The van der Waals surface area contributed by atoms with Gasteiger partial charge in [0.2, 0.25) is 0 Å². The predicted octanol–water partition coefficient (Wildman–Crippen LogP) is 6.60. The van der Waals surface area contributed by atoms with Gasteiger partial charge in [0.25, 0.3) is 11.5 Å². The topological polar surface area (TPSA) is 64.4 Å². The summed E-state index contributed by atoms with van der Waals surface area (Å²) in [7, 11) is 1.61. The highest BCUT2D eigenvalue weighted by molar-refractivity contribution is 5.94. The monoisotopic (exact) mass is 511 g/mol. The van der Waals surface area contributed by atoms with Crippen LogP contribution in [0.3, 0.4) is 0 Å². The minimum absolute atomic E-state index is 0.0876. The largest absolute Gasteiger partial charge is 0.497 e. The minimum atomic E-state index is -0.397. The number of para-hydroxylation sites is 1. The number of methoxy groups -OCH3 is 1. The molecule has 0 saturated heterocycles. The summed E-state index contributed by atoms with van der Waals surface area (Å²) in [5.41, 5.74) is 3.02. The number of aromatic nitrogens is 2. The van der Waals surface area contributed by atoms with Gasteiger partial charge >= 0.3 is 0 Å². The first-order chi connectivity index (χ1) is 18.4. The molecule has 0 N–H and O–H groups in total. The summed E-state index contributed by atoms with van der Waals surface area (Å²) in [6.07, 6.45) is 2.36. The molecule has 0 spiro atoms. The Morgan fingerprint density at radius 3 is 2.26 bits per heavy atom. The molecule has 0 fully saturated rings. The van der Waals surface area contributed by atoms with Crippen LogP contribution in [0.5, 0.6) is 5.75 Å². The average molecular weight is 512 g/mol. The van der Waals surface area contributed by atoms with E-state index in [-0.39, 0.29) is 11.5 Å². The molecule has 0 aliphatic carbocycles. The van der Waals surface area contributed by atoms with Crippen molar-refractivity contribution >= 4 is 16.8 Å². The Balaban J connectivity index is 1.90. The molecule has 0 saturated carbocycles. The molecule has 3 aromatic carbocycles. The third kappa shape index (κ3) is 5.64. The van der Waals surface area contributed by atoms with Gasteiger partial charge in [0, 0.05) is 12.1 Å². The number of rotatable bonds is 10. The summed E-state index contributed by atoms with van der Waals surface area (Å²) in [6, 6.07) is 22.2. The second-order valence-corrected chi connectivity index (χ2v) is 9.98. The summed E-state index contributed by atoms with van der Waals surface area (Å²) in [5.74, 6) is 1.59. The molecule has 6 heteroatoms. The number of benzene rings is 3. The van der Waals surface area contributed by atoms with E-state index < -0.39 is 6.04 Å². The number of carbonyl (C=O) groups excluding carboxylic acids is 1. The highest BCUT2D eigenvalue weighted by atomic mass is 16.5. The van der Waals surface area contributed by atoms with Crippen molar-refractivity contribution in [1.29, 1.82) is 0 Å². The smallest absolute Gasteiger partial charge is 0.266 e. The normalized spacial score (nSPS) is 12.1. The van der Waals surface area contributed by atoms with Crippen molar-refractivity contribution in [2.24, 2.45) is 5.92 Å². The average Bonchev–Trinajstić information content (AvgIpc) is 2.95. The van der Waals surface area contributed by atoms with Gasteiger partial charge in [-0.05, 0) is 79.3 Å². The lowest BCUT2D eigenvalue weighted by molar-refractivity contribution is 0.0648. The highest BCUT2D eigenvalue weighted by Crippen LogP contribution is 2.29. The van der Waals surface area contributed by atoms with Crippen molar-refractivity contribution in [3.05, 3.63) is 100 Å². The van der Waals surface area contributed by atoms with Crippen molar-refractivity contribution in [3.8, 4) is 11.4 Å². The molecule has 1 atom stereocenters. The van der Waals surface area contributed by atoms with Crippen LogP contribution in [0.2, 0.25) is 0 Å². The molecule has 0 radical (unpaired) electrons. The van der Waals surface area contributed by atoms with Gasteiger partial charge in [0.15, 0.2) is 0 Å². The number of carbonyl (C=O) groups is 1. The zero-order chi connectivity index (χ0) is 27.2. The number of ether oxygens (including phenoxy) is 1. The fraction of sp³-hybridized carbons (Fsp3) is 0.344. The molecule has 198 valence electrons. The van der Waals surface area contributed by atoms with Gasteiger partial charge in [-0.25, -0.2) is 4.98 Å². The number of nitrogens with zero attached hydrogens (tertiary/aromatic N) is 3. The third-order valence-corrected chi connectivity index (χ3v) is 7.01. The summed E-state index contributed by atoms with van der Waals surface area (Å²) in [4.78, 5) is 34.8. The van der Waals surface area contributed by atoms with Crippen LogP contribution in [-0.2, 0) is 6.42 Å². The Morgan fingerprint density at radius 1 is 0.974 bits per heavy atom. The molecule has 1 amide bonds. The first-order valence-electron chi connectivity index (χ1n) is 13.4. The molecule has 0 aliphatic heterocycles. The molecular weight excluding hydrogens is 474 g/mol. The Labute approximate surface area is 224 Å². The van der Waals surface area contributed by atoms with Crippen LogP contribution < -0.4 is 10.3 Å². The molecule has 1 heterocycles. The third-order valence-electron chi connectivity index (χ3n) is 7.01. The van der Waals surface area contributed by atoms with E-state index in [9.17, 15) is 9.59 Å². The zero-order valence-electron chi connectivity index (χ0n) is 23.0. The number of hydrogen-bond donors (Lipinski definition) is 0. The second kappa shape index (κ2) is 12.1. The zero-order valence-corrected chi connectivity index (χ0v) is 23.0. The van der Waals surface area contributed by atoms with Crippen LogP contribution >= 0.6 is 0 Å². The van der Waals surface area contributed by atoms with Gasteiger partial charge in [-0.3, -0.25) is 14.2 Å². The Morgan fingerprint density at radius 2 is 1.66 bits per heavy atom. The van der Waals surface area contributed by atoms with E-state index in [0.29, 0.717) is 46.9 Å². The standard InChI is InChI=1S/C32H37N3O3/c1-6-23-12-16-25(17-13-23)35-30(33-28-11-9-8-10-27(28)32(35)37)29(7-2)34(21-20-22(3)4)31(36)24-14-18-26(38-5)19-15-24/h8-19,22,29H,6-7,20-21H2,1-5H3. The first-order valence-corrected chi connectivity index (χ1v) is 13.4. The first kappa shape index (κ1) is 27.1. The van der Waals surface area contributed by atoms with Crippen molar-refractivity contribution < 1.29 is 9.53 Å². The maximum absolute atomic E-state index is 14.0. The van der Waals surface area contributed by atoms with E-state index >= 15 is 0 Å². The Bertz CT molecular complexity index is 1440. The van der Waals surface area contributed by atoms with E-state index in [1.807, 2.05) is 60.4 Å². The van der Waals surface area contributed by atoms with E-state index in [4.69, 9.17) is 9.72 Å². The second-order valence-electron chi connectivity index (χ2n) is 9.98. The fourth-order valence-electron chi connectivity index (χ4n) is 4.74. The van der Waals surface area contributed by atoms with E-state index in [1.54, 1.807) is 35.9 Å². The quantitative estimate of drug-likeness (QED) is 0.241. The molecule has 4 rings (SSSR count). The lowest BCUT2D eigenvalue weighted by Crippen LogP contribution is -2.39. The van der Waals surface area contributed by atoms with Crippen molar-refractivity contribution in [1.82, 2.24) is 14.5 Å². The van der Waals surface area contributed by atoms with Crippen LogP contribution in [0.15, 0.2) is 77.6 Å². The highest BCUT2D eigenvalue weighted by Gasteiger charge is 2.30. The van der Waals surface area contributed by atoms with Crippen LogP contribution in [0.4, 0.5) is 0 Å². The molecule has 38 heavy (non-hydrogen) atoms. The molecule has 6 nitrogen and oxygen atoms in total. The molecule has 1 unspecified atom stereocenters. The molecular formula is C32H37N3O3. The molecule has 0 bridgehead atoms. The number of amides is 1. The molecule has 0 aliphatic rings. The predicted molar refractivity (Wildman–Crippen MR) is 153 cm³/mol. The van der Waals surface area contributed by atoms with Gasteiger partial charge in [0.1, 0.15) is 11.6 Å². The van der Waals surface area contributed by atoms with Crippen LogP contribution in [-0.4, -0.2) is 34.0 Å². The van der Waals surface area contributed by atoms with E-state index in [0.717, 1.165) is 18.5 Å². The SMILES string of the molecule is CCc1ccc(-n2c(C(CC)N(CCC(C)C)C(=O)c3ccc(OC)cc3)nc3ccccc3c2=O)cc1. The van der Waals surface area contributed by atoms with Gasteiger partial charge < -0.3 is 9.64 Å². The lowest BCUT2D eigenvalue weighted by Gasteiger charge is -2.33. The number of fused-ring (bicyclic) bond motifs is 1. The molecule has 1 aromatic heterocycles. The summed E-state index contributed by atoms with van der Waals surface area (Å²) >= 11 is 0. The summed E-state index contributed by atoms with van der Waals surface area (Å²) < 4.78 is 6.98. The van der Waals surface area contributed by atoms with Crippen molar-refractivity contribution in [3.63, 3.8) is 0 Å². The minimum Gasteiger partial charge on any atom is -0.497 e. The number of hydrogen-bond acceptors (Lipinski definition) is 4. The van der Waals surface area contributed by atoms with Gasteiger partial charge in [-0.2, -0.15) is 0 Å². The Kier molecular flexibility index (Phi) is 8.62. The number of aryl methyl sites for hydroxylation is 1. The maximum atomic E-state index is 14.0. The van der Waals surface area contributed by atoms with Crippen LogP contribution in [0.1, 0.15) is 68.3 Å². The van der Waals surface area contributed by atoms with Crippen LogP contribution in [0, 0.1) is 5.92 Å². The van der Waals surface area contributed by atoms with Crippen molar-refractivity contribution in [2.45, 2.75) is 53.0 Å². The summed E-state index contributed by atoms with van der Waals surface area (Å²) in [5, 5.41) is 0.556. The lowest BCUT2D eigenvalue weighted by atomic mass is 10.0. The Hall–Kier alpha value is -3.93. The van der Waals surface area contributed by atoms with Crippen LogP contribution in [0.25, 0.3) is 16.6 Å². The summed E-state index contributed by atoms with van der Waals surface area (Å²) in [6.45, 7) is 9.00. The fourth-order valence-corrected chi connectivity index (χ4v) is 4.74.